The maximum Gasteiger partial charge on any atom is 0.173 e. The van der Waals surface area contributed by atoms with Crippen LogP contribution in [0.25, 0.3) is 0 Å². The predicted molar refractivity (Wildman–Crippen MR) is 77.8 cm³/mol. The predicted octanol–water partition coefficient (Wildman–Crippen LogP) is 4.93. The lowest BCUT2D eigenvalue weighted by Crippen LogP contribution is -2.03. The fourth-order valence-corrected chi connectivity index (χ4v) is 2.52. The summed E-state index contributed by atoms with van der Waals surface area (Å²) in [6, 6.07) is 12.1. The lowest BCUT2D eigenvalue weighted by Gasteiger charge is -2.05. The molecule has 0 saturated heterocycles. The molecule has 0 aliphatic carbocycles. The fraction of sp³-hybridized carbons (Fsp3) is 0.188. The van der Waals surface area contributed by atoms with Crippen LogP contribution < -0.4 is 0 Å². The summed E-state index contributed by atoms with van der Waals surface area (Å²) in [5.74, 6) is -2.16. The van der Waals surface area contributed by atoms with E-state index in [-0.39, 0.29) is 15.8 Å². The number of halogens is 3. The van der Waals surface area contributed by atoms with Gasteiger partial charge in [0.1, 0.15) is 0 Å². The molecule has 0 unspecified atom stereocenters. The molecule has 0 atom stereocenters. The van der Waals surface area contributed by atoms with Gasteiger partial charge in [-0.3, -0.25) is 4.79 Å². The van der Waals surface area contributed by atoms with Crippen LogP contribution in [0, 0.1) is 11.6 Å². The van der Waals surface area contributed by atoms with Crippen molar-refractivity contribution >= 4 is 21.7 Å². The number of hydrogen-bond acceptors (Lipinski definition) is 1. The number of rotatable bonds is 5. The van der Waals surface area contributed by atoms with E-state index < -0.39 is 11.6 Å². The summed E-state index contributed by atoms with van der Waals surface area (Å²) in [5.41, 5.74) is 1.35. The minimum absolute atomic E-state index is 0.0952. The molecule has 2 aromatic carbocycles. The second kappa shape index (κ2) is 6.75. The molecule has 0 aliphatic heterocycles. The van der Waals surface area contributed by atoms with Gasteiger partial charge >= 0.3 is 0 Å². The molecule has 0 fully saturated rings. The second-order valence-electron chi connectivity index (χ2n) is 4.49. The molecule has 20 heavy (non-hydrogen) atoms. The molecule has 0 amide bonds. The van der Waals surface area contributed by atoms with E-state index in [0.29, 0.717) is 12.8 Å². The largest absolute Gasteiger partial charge is 0.294 e. The Morgan fingerprint density at radius 1 is 1.05 bits per heavy atom. The van der Waals surface area contributed by atoms with Crippen molar-refractivity contribution in [1.82, 2.24) is 0 Å². The van der Waals surface area contributed by atoms with Crippen LogP contribution in [0.5, 0.6) is 0 Å². The van der Waals surface area contributed by atoms with Crippen LogP contribution in [0.2, 0.25) is 0 Å². The van der Waals surface area contributed by atoms with Crippen LogP contribution in [-0.4, -0.2) is 5.78 Å². The molecular formula is C16H13BrF2O. The van der Waals surface area contributed by atoms with E-state index in [9.17, 15) is 13.6 Å². The van der Waals surface area contributed by atoms with Crippen LogP contribution in [0.15, 0.2) is 46.9 Å². The molecule has 0 saturated carbocycles. The Labute approximate surface area is 124 Å². The van der Waals surface area contributed by atoms with Gasteiger partial charge in [-0.15, -0.1) is 0 Å². The SMILES string of the molecule is O=C(CCCc1ccccc1)c1ccc(F)c(F)c1Br. The number of benzene rings is 2. The van der Waals surface area contributed by atoms with E-state index in [1.807, 2.05) is 30.3 Å². The third-order valence-electron chi connectivity index (χ3n) is 3.05. The monoisotopic (exact) mass is 338 g/mol. The highest BCUT2D eigenvalue weighted by Crippen LogP contribution is 2.24. The maximum atomic E-state index is 13.4. The maximum absolute atomic E-state index is 13.4. The van der Waals surface area contributed by atoms with Crippen molar-refractivity contribution in [3.8, 4) is 0 Å². The fourth-order valence-electron chi connectivity index (χ4n) is 1.97. The van der Waals surface area contributed by atoms with Gasteiger partial charge in [0.25, 0.3) is 0 Å². The van der Waals surface area contributed by atoms with E-state index >= 15 is 0 Å². The van der Waals surface area contributed by atoms with Gasteiger partial charge in [0.2, 0.25) is 0 Å². The highest BCUT2D eigenvalue weighted by atomic mass is 79.9. The quantitative estimate of drug-likeness (QED) is 0.557. The summed E-state index contributed by atoms with van der Waals surface area (Å²) in [7, 11) is 0. The van der Waals surface area contributed by atoms with Crippen LogP contribution in [-0.2, 0) is 6.42 Å². The molecule has 0 spiro atoms. The minimum atomic E-state index is -1.01. The number of hydrogen-bond donors (Lipinski definition) is 0. The lowest BCUT2D eigenvalue weighted by molar-refractivity contribution is 0.0979. The van der Waals surface area contributed by atoms with Crippen molar-refractivity contribution in [1.29, 1.82) is 0 Å². The first-order valence-corrected chi connectivity index (χ1v) is 7.09. The average molecular weight is 339 g/mol. The molecule has 0 radical (unpaired) electrons. The highest BCUT2D eigenvalue weighted by Gasteiger charge is 2.16. The van der Waals surface area contributed by atoms with E-state index in [4.69, 9.17) is 0 Å². The lowest BCUT2D eigenvalue weighted by atomic mass is 10.0. The molecule has 104 valence electrons. The zero-order valence-corrected chi connectivity index (χ0v) is 12.3. The molecule has 0 bridgehead atoms. The number of ketones is 1. The van der Waals surface area contributed by atoms with Gasteiger partial charge in [-0.2, -0.15) is 0 Å². The van der Waals surface area contributed by atoms with Gasteiger partial charge in [-0.25, -0.2) is 8.78 Å². The standard InChI is InChI=1S/C16H13BrF2O/c17-15-12(9-10-13(18)16(15)19)14(20)8-4-7-11-5-2-1-3-6-11/h1-3,5-6,9-10H,4,7-8H2. The second-order valence-corrected chi connectivity index (χ2v) is 5.28. The number of Topliss-reactive ketones (excluding diaryl/α,β-unsaturated/α-hetero) is 1. The van der Waals surface area contributed by atoms with Crippen molar-refractivity contribution in [2.75, 3.05) is 0 Å². The Kier molecular flexibility index (Phi) is 5.01. The van der Waals surface area contributed by atoms with Crippen LogP contribution in [0.1, 0.15) is 28.8 Å². The third kappa shape index (κ3) is 3.51. The number of carbonyl (C=O) groups excluding carboxylic acids is 1. The molecule has 0 aromatic heterocycles. The first-order valence-electron chi connectivity index (χ1n) is 6.30. The summed E-state index contributed by atoms with van der Waals surface area (Å²) in [4.78, 5) is 12.0. The molecule has 1 nitrogen and oxygen atoms in total. The average Bonchev–Trinajstić information content (AvgIpc) is 2.46. The van der Waals surface area contributed by atoms with E-state index in [1.165, 1.54) is 6.07 Å². The Hall–Kier alpha value is -1.55. The van der Waals surface area contributed by atoms with Gasteiger partial charge in [0.15, 0.2) is 17.4 Å². The van der Waals surface area contributed by atoms with Gasteiger partial charge in [0.05, 0.1) is 4.47 Å². The van der Waals surface area contributed by atoms with Crippen molar-refractivity contribution < 1.29 is 13.6 Å². The summed E-state index contributed by atoms with van der Waals surface area (Å²) in [6.45, 7) is 0. The van der Waals surface area contributed by atoms with Crippen LogP contribution in [0.3, 0.4) is 0 Å². The first-order chi connectivity index (χ1) is 9.59. The van der Waals surface area contributed by atoms with Crippen molar-refractivity contribution in [2.45, 2.75) is 19.3 Å². The van der Waals surface area contributed by atoms with Gasteiger partial charge < -0.3 is 0 Å². The van der Waals surface area contributed by atoms with E-state index in [1.54, 1.807) is 0 Å². The van der Waals surface area contributed by atoms with Crippen molar-refractivity contribution in [2.24, 2.45) is 0 Å². The summed E-state index contributed by atoms with van der Waals surface area (Å²) in [5, 5.41) is 0. The van der Waals surface area contributed by atoms with Crippen LogP contribution in [0.4, 0.5) is 8.78 Å². The zero-order chi connectivity index (χ0) is 14.5. The minimum Gasteiger partial charge on any atom is -0.294 e. The molecule has 0 heterocycles. The summed E-state index contributed by atoms with van der Waals surface area (Å²) >= 11 is 2.93. The molecular weight excluding hydrogens is 326 g/mol. The number of carbonyl (C=O) groups is 1. The highest BCUT2D eigenvalue weighted by molar-refractivity contribution is 9.10. The van der Waals surface area contributed by atoms with Crippen molar-refractivity contribution in [3.63, 3.8) is 0 Å². The normalized spacial score (nSPS) is 10.6. The van der Waals surface area contributed by atoms with E-state index in [0.717, 1.165) is 18.1 Å². The Bertz CT molecular complexity index is 611. The smallest absolute Gasteiger partial charge is 0.173 e. The molecule has 0 N–H and O–H groups in total. The Morgan fingerprint density at radius 2 is 1.75 bits per heavy atom. The molecule has 2 rings (SSSR count). The summed E-state index contributed by atoms with van der Waals surface area (Å²) < 4.78 is 26.2. The molecule has 2 aromatic rings. The zero-order valence-electron chi connectivity index (χ0n) is 10.7. The molecule has 0 aliphatic rings. The number of aryl methyl sites for hydroxylation is 1. The topological polar surface area (TPSA) is 17.1 Å². The molecule has 4 heteroatoms. The summed E-state index contributed by atoms with van der Waals surface area (Å²) in [6.07, 6.45) is 1.76. The van der Waals surface area contributed by atoms with Crippen molar-refractivity contribution in [3.05, 3.63) is 69.7 Å². The van der Waals surface area contributed by atoms with Crippen LogP contribution >= 0.6 is 15.9 Å². The Balaban J connectivity index is 1.97. The van der Waals surface area contributed by atoms with Gasteiger partial charge in [-0.05, 0) is 46.5 Å². The first kappa shape index (κ1) is 14.9. The van der Waals surface area contributed by atoms with Gasteiger partial charge in [-0.1, -0.05) is 30.3 Å². The third-order valence-corrected chi connectivity index (χ3v) is 3.82. The van der Waals surface area contributed by atoms with E-state index in [2.05, 4.69) is 15.9 Å². The Morgan fingerprint density at radius 3 is 2.45 bits per heavy atom. The van der Waals surface area contributed by atoms with Gasteiger partial charge in [0, 0.05) is 12.0 Å².